The zero-order valence-corrected chi connectivity index (χ0v) is 9.13. The maximum atomic E-state index is 12.5. The Hall–Kier alpha value is -0.150. The summed E-state index contributed by atoms with van der Waals surface area (Å²) in [4.78, 5) is 4.47. The summed E-state index contributed by atoms with van der Waals surface area (Å²) in [6, 6.07) is 1.23. The topological polar surface area (TPSA) is 6.48 Å². The van der Waals surface area contributed by atoms with Crippen molar-refractivity contribution in [3.8, 4) is 0 Å². The van der Waals surface area contributed by atoms with E-state index in [1.54, 1.807) is 0 Å². The summed E-state index contributed by atoms with van der Waals surface area (Å²) >= 11 is 0. The zero-order valence-electron chi connectivity index (χ0n) is 9.13. The fourth-order valence-electron chi connectivity index (χ4n) is 1.95. The molecule has 3 heteroatoms. The van der Waals surface area contributed by atoms with Gasteiger partial charge in [0.2, 0.25) is 0 Å². The van der Waals surface area contributed by atoms with Crippen LogP contribution in [0.2, 0.25) is 0 Å². The van der Waals surface area contributed by atoms with Crippen molar-refractivity contribution in [2.75, 3.05) is 27.3 Å². The van der Waals surface area contributed by atoms with Crippen LogP contribution in [0, 0.1) is 0 Å². The highest BCUT2D eigenvalue weighted by Gasteiger charge is 2.32. The lowest BCUT2D eigenvalue weighted by Crippen LogP contribution is -2.38. The number of alkyl halides is 1. The second kappa shape index (κ2) is 4.38. The highest BCUT2D eigenvalue weighted by molar-refractivity contribution is 4.88. The molecule has 1 aliphatic rings. The summed E-state index contributed by atoms with van der Waals surface area (Å²) in [5.41, 5.74) is 0. The number of nitrogens with zero attached hydrogens (tertiary/aromatic N) is 2. The molecule has 0 saturated carbocycles. The van der Waals surface area contributed by atoms with Crippen LogP contribution < -0.4 is 0 Å². The quantitative estimate of drug-likeness (QED) is 0.660. The number of likely N-dealkylation sites (tertiary alicyclic amines) is 1. The van der Waals surface area contributed by atoms with Crippen molar-refractivity contribution in [3.05, 3.63) is 0 Å². The lowest BCUT2D eigenvalue weighted by atomic mass is 10.1. The van der Waals surface area contributed by atoms with Crippen molar-refractivity contribution in [1.82, 2.24) is 9.80 Å². The second-order valence-corrected chi connectivity index (χ2v) is 4.40. The molecule has 0 spiro atoms. The van der Waals surface area contributed by atoms with E-state index in [-0.39, 0.29) is 12.7 Å². The average molecular weight is 188 g/mol. The first kappa shape index (κ1) is 10.9. The maximum absolute atomic E-state index is 12.5. The van der Waals surface area contributed by atoms with Gasteiger partial charge in [-0.1, -0.05) is 0 Å². The first-order chi connectivity index (χ1) is 6.06. The Balaban J connectivity index is 2.47. The Morgan fingerprint density at radius 1 is 1.54 bits per heavy atom. The monoisotopic (exact) mass is 188 g/mol. The van der Waals surface area contributed by atoms with E-state index in [0.29, 0.717) is 12.1 Å². The Bertz CT molecular complexity index is 161. The molecule has 0 radical (unpaired) electrons. The first-order valence-electron chi connectivity index (χ1n) is 5.04. The summed E-state index contributed by atoms with van der Waals surface area (Å²) < 4.78 is 12.5. The third kappa shape index (κ3) is 2.41. The van der Waals surface area contributed by atoms with Crippen molar-refractivity contribution in [1.29, 1.82) is 0 Å². The van der Waals surface area contributed by atoms with Gasteiger partial charge in [-0.15, -0.1) is 0 Å². The zero-order chi connectivity index (χ0) is 10.0. The SMILES string of the molecule is CC(C)N(C)C1CC(CF)N(C)C1. The van der Waals surface area contributed by atoms with Gasteiger partial charge in [0.1, 0.15) is 6.67 Å². The van der Waals surface area contributed by atoms with Crippen molar-refractivity contribution in [2.24, 2.45) is 0 Å². The molecule has 2 nitrogen and oxygen atoms in total. The van der Waals surface area contributed by atoms with Crippen LogP contribution in [0.4, 0.5) is 4.39 Å². The van der Waals surface area contributed by atoms with Crippen LogP contribution in [0.15, 0.2) is 0 Å². The third-order valence-corrected chi connectivity index (χ3v) is 3.23. The molecule has 0 amide bonds. The van der Waals surface area contributed by atoms with Gasteiger partial charge in [0.15, 0.2) is 0 Å². The van der Waals surface area contributed by atoms with Crippen molar-refractivity contribution in [2.45, 2.75) is 38.4 Å². The molecule has 1 heterocycles. The van der Waals surface area contributed by atoms with Gasteiger partial charge in [-0.05, 0) is 34.4 Å². The molecule has 78 valence electrons. The highest BCUT2D eigenvalue weighted by Crippen LogP contribution is 2.21. The Morgan fingerprint density at radius 3 is 2.54 bits per heavy atom. The number of hydrogen-bond donors (Lipinski definition) is 0. The van der Waals surface area contributed by atoms with Crippen LogP contribution >= 0.6 is 0 Å². The van der Waals surface area contributed by atoms with Crippen LogP contribution in [0.5, 0.6) is 0 Å². The number of hydrogen-bond acceptors (Lipinski definition) is 2. The lowest BCUT2D eigenvalue weighted by molar-refractivity contribution is 0.197. The van der Waals surface area contributed by atoms with E-state index in [2.05, 4.69) is 30.7 Å². The summed E-state index contributed by atoms with van der Waals surface area (Å²) in [6.45, 7) is 5.16. The molecule has 0 aromatic rings. The van der Waals surface area contributed by atoms with E-state index in [4.69, 9.17) is 0 Å². The molecule has 1 aliphatic heterocycles. The highest BCUT2D eigenvalue weighted by atomic mass is 19.1. The van der Waals surface area contributed by atoms with E-state index in [0.717, 1.165) is 13.0 Å². The van der Waals surface area contributed by atoms with Gasteiger partial charge in [-0.2, -0.15) is 0 Å². The second-order valence-electron chi connectivity index (χ2n) is 4.40. The van der Waals surface area contributed by atoms with Crippen molar-refractivity contribution >= 4 is 0 Å². The van der Waals surface area contributed by atoms with Crippen LogP contribution in [-0.2, 0) is 0 Å². The Labute approximate surface area is 80.7 Å². The third-order valence-electron chi connectivity index (χ3n) is 3.23. The van der Waals surface area contributed by atoms with E-state index < -0.39 is 0 Å². The molecule has 13 heavy (non-hydrogen) atoms. The van der Waals surface area contributed by atoms with Crippen molar-refractivity contribution in [3.63, 3.8) is 0 Å². The van der Waals surface area contributed by atoms with E-state index in [9.17, 15) is 4.39 Å². The minimum absolute atomic E-state index is 0.145. The van der Waals surface area contributed by atoms with Crippen LogP contribution in [0.1, 0.15) is 20.3 Å². The van der Waals surface area contributed by atoms with E-state index >= 15 is 0 Å². The summed E-state index contributed by atoms with van der Waals surface area (Å²) in [5, 5.41) is 0. The molecule has 1 saturated heterocycles. The molecule has 2 atom stereocenters. The summed E-state index contributed by atoms with van der Waals surface area (Å²) in [7, 11) is 4.14. The average Bonchev–Trinajstić information content (AvgIpc) is 2.45. The molecular formula is C10H21FN2. The molecular weight excluding hydrogens is 167 g/mol. The number of likely N-dealkylation sites (N-methyl/N-ethyl adjacent to an activating group) is 2. The molecule has 0 N–H and O–H groups in total. The molecule has 2 unspecified atom stereocenters. The normalized spacial score (nSPS) is 30.7. The van der Waals surface area contributed by atoms with Gasteiger partial charge in [0, 0.05) is 24.7 Å². The van der Waals surface area contributed by atoms with Gasteiger partial charge >= 0.3 is 0 Å². The van der Waals surface area contributed by atoms with Crippen LogP contribution in [-0.4, -0.2) is 55.2 Å². The Morgan fingerprint density at radius 2 is 2.15 bits per heavy atom. The minimum atomic E-state index is -0.209. The number of halogens is 1. The molecule has 0 aromatic carbocycles. The molecule has 1 rings (SSSR count). The van der Waals surface area contributed by atoms with Gasteiger partial charge in [0.05, 0.1) is 0 Å². The van der Waals surface area contributed by atoms with Gasteiger partial charge < -0.3 is 0 Å². The smallest absolute Gasteiger partial charge is 0.105 e. The van der Waals surface area contributed by atoms with Crippen LogP contribution in [0.25, 0.3) is 0 Å². The summed E-state index contributed by atoms with van der Waals surface area (Å²) in [5.74, 6) is 0. The fourth-order valence-corrected chi connectivity index (χ4v) is 1.95. The molecule has 0 aromatic heterocycles. The van der Waals surface area contributed by atoms with Gasteiger partial charge in [-0.25, -0.2) is 4.39 Å². The molecule has 0 aliphatic carbocycles. The number of rotatable bonds is 3. The first-order valence-corrected chi connectivity index (χ1v) is 5.04. The van der Waals surface area contributed by atoms with E-state index in [1.165, 1.54) is 0 Å². The largest absolute Gasteiger partial charge is 0.300 e. The van der Waals surface area contributed by atoms with Crippen LogP contribution in [0.3, 0.4) is 0 Å². The maximum Gasteiger partial charge on any atom is 0.105 e. The molecule has 0 bridgehead atoms. The predicted molar refractivity (Wildman–Crippen MR) is 53.7 cm³/mol. The standard InChI is InChI=1S/C10H21FN2/c1-8(2)13(4)10-5-9(6-11)12(3)7-10/h8-10H,5-7H2,1-4H3. The predicted octanol–water partition coefficient (Wildman–Crippen LogP) is 1.37. The molecule has 1 fully saturated rings. The fraction of sp³-hybridized carbons (Fsp3) is 1.00. The van der Waals surface area contributed by atoms with Gasteiger partial charge in [-0.3, -0.25) is 9.80 Å². The van der Waals surface area contributed by atoms with Gasteiger partial charge in [0.25, 0.3) is 0 Å². The van der Waals surface area contributed by atoms with E-state index in [1.807, 2.05) is 7.05 Å². The summed E-state index contributed by atoms with van der Waals surface area (Å²) in [6.07, 6.45) is 0.974. The van der Waals surface area contributed by atoms with Crippen molar-refractivity contribution < 1.29 is 4.39 Å². The Kier molecular flexibility index (Phi) is 3.68. The minimum Gasteiger partial charge on any atom is -0.300 e. The lowest BCUT2D eigenvalue weighted by Gasteiger charge is -2.27.